The fourth-order valence-electron chi connectivity index (χ4n) is 2.60. The lowest BCUT2D eigenvalue weighted by Crippen LogP contribution is -2.27. The molecule has 0 spiro atoms. The van der Waals surface area contributed by atoms with Gasteiger partial charge in [0.1, 0.15) is 4.21 Å². The zero-order valence-electron chi connectivity index (χ0n) is 15.3. The molecule has 1 N–H and O–H groups in total. The first-order valence-corrected chi connectivity index (χ1v) is 11.0. The second kappa shape index (κ2) is 7.58. The Kier molecular flexibility index (Phi) is 5.38. The molecule has 0 aliphatic rings. The predicted octanol–water partition coefficient (Wildman–Crippen LogP) is 3.75. The minimum atomic E-state index is -2.85. The SMILES string of the molecule is Cc1nc(N(C)C(=O)Cc2ccc(-c3ccccn3)cc2)sc1[S@@](C)(=N)=O. The van der Waals surface area contributed by atoms with Crippen molar-refractivity contribution in [2.45, 2.75) is 17.6 Å². The van der Waals surface area contributed by atoms with Crippen molar-refractivity contribution in [2.24, 2.45) is 0 Å². The van der Waals surface area contributed by atoms with E-state index < -0.39 is 9.73 Å². The quantitative estimate of drug-likeness (QED) is 0.706. The first-order valence-electron chi connectivity index (χ1n) is 8.24. The first kappa shape index (κ1) is 19.2. The van der Waals surface area contributed by atoms with Crippen molar-refractivity contribution in [3.05, 3.63) is 59.9 Å². The summed E-state index contributed by atoms with van der Waals surface area (Å²) in [7, 11) is -1.20. The molecule has 0 saturated carbocycles. The topological polar surface area (TPSA) is 87.0 Å². The highest BCUT2D eigenvalue weighted by atomic mass is 32.2. The van der Waals surface area contributed by atoms with Gasteiger partial charge in [0.2, 0.25) is 5.91 Å². The highest BCUT2D eigenvalue weighted by Gasteiger charge is 2.20. The second-order valence-corrected chi connectivity index (χ2v) is 9.59. The third-order valence-corrected chi connectivity index (χ3v) is 7.26. The van der Waals surface area contributed by atoms with Gasteiger partial charge in [-0.1, -0.05) is 41.7 Å². The molecule has 3 aromatic rings. The van der Waals surface area contributed by atoms with Crippen molar-refractivity contribution in [1.82, 2.24) is 9.97 Å². The van der Waals surface area contributed by atoms with E-state index in [-0.39, 0.29) is 12.3 Å². The molecule has 0 bridgehead atoms. The molecule has 27 heavy (non-hydrogen) atoms. The molecule has 0 radical (unpaired) electrons. The van der Waals surface area contributed by atoms with Crippen LogP contribution < -0.4 is 4.90 Å². The lowest BCUT2D eigenvalue weighted by molar-refractivity contribution is -0.117. The van der Waals surface area contributed by atoms with Gasteiger partial charge in [0, 0.05) is 25.1 Å². The van der Waals surface area contributed by atoms with Gasteiger partial charge in [-0.25, -0.2) is 14.0 Å². The van der Waals surface area contributed by atoms with E-state index in [0.717, 1.165) is 28.2 Å². The van der Waals surface area contributed by atoms with Gasteiger partial charge >= 0.3 is 0 Å². The Morgan fingerprint density at radius 2 is 1.93 bits per heavy atom. The van der Waals surface area contributed by atoms with Crippen LogP contribution in [0.15, 0.2) is 52.9 Å². The maximum Gasteiger partial charge on any atom is 0.232 e. The number of amides is 1. The predicted molar refractivity (Wildman–Crippen MR) is 109 cm³/mol. The molecular formula is C19H20N4O2S2. The number of anilines is 1. The molecule has 0 unspecified atom stereocenters. The Balaban J connectivity index is 1.73. The molecule has 8 heteroatoms. The molecule has 0 fully saturated rings. The molecule has 3 rings (SSSR count). The molecule has 0 aliphatic carbocycles. The van der Waals surface area contributed by atoms with Crippen LogP contribution in [-0.4, -0.2) is 33.4 Å². The van der Waals surface area contributed by atoms with Crippen LogP contribution in [0.3, 0.4) is 0 Å². The molecule has 140 valence electrons. The molecule has 1 atom stereocenters. The van der Waals surface area contributed by atoms with E-state index in [2.05, 4.69) is 9.97 Å². The second-order valence-electron chi connectivity index (χ2n) is 6.25. The average Bonchev–Trinajstić information content (AvgIpc) is 3.04. The lowest BCUT2D eigenvalue weighted by Gasteiger charge is -2.14. The van der Waals surface area contributed by atoms with E-state index in [1.807, 2.05) is 42.5 Å². The van der Waals surface area contributed by atoms with E-state index >= 15 is 0 Å². The summed E-state index contributed by atoms with van der Waals surface area (Å²) in [5.41, 5.74) is 3.31. The van der Waals surface area contributed by atoms with Crippen molar-refractivity contribution in [2.75, 3.05) is 18.2 Å². The molecular weight excluding hydrogens is 380 g/mol. The van der Waals surface area contributed by atoms with E-state index in [9.17, 15) is 9.00 Å². The number of carbonyl (C=O) groups is 1. The van der Waals surface area contributed by atoms with Gasteiger partial charge < -0.3 is 0 Å². The maximum absolute atomic E-state index is 12.6. The Labute approximate surface area is 162 Å². The van der Waals surface area contributed by atoms with Crippen LogP contribution in [0.5, 0.6) is 0 Å². The molecule has 0 aliphatic heterocycles. The van der Waals surface area contributed by atoms with E-state index in [1.54, 1.807) is 20.2 Å². The molecule has 6 nitrogen and oxygen atoms in total. The Bertz CT molecular complexity index is 1060. The van der Waals surface area contributed by atoms with Crippen molar-refractivity contribution in [3.8, 4) is 11.3 Å². The Morgan fingerprint density at radius 1 is 1.22 bits per heavy atom. The number of pyridine rings is 1. The van der Waals surface area contributed by atoms with Gasteiger partial charge in [-0.2, -0.15) is 0 Å². The van der Waals surface area contributed by atoms with Crippen LogP contribution >= 0.6 is 11.3 Å². The van der Waals surface area contributed by atoms with Crippen molar-refractivity contribution < 1.29 is 9.00 Å². The summed E-state index contributed by atoms with van der Waals surface area (Å²) in [6.07, 6.45) is 3.34. The smallest absolute Gasteiger partial charge is 0.232 e. The van der Waals surface area contributed by atoms with Gasteiger partial charge in [-0.3, -0.25) is 14.7 Å². The maximum atomic E-state index is 12.6. The zero-order valence-corrected chi connectivity index (χ0v) is 16.9. The number of aromatic nitrogens is 2. The number of hydrogen-bond acceptors (Lipinski definition) is 6. The van der Waals surface area contributed by atoms with Crippen molar-refractivity contribution in [1.29, 1.82) is 4.78 Å². The lowest BCUT2D eigenvalue weighted by atomic mass is 10.1. The van der Waals surface area contributed by atoms with Gasteiger partial charge in [0.25, 0.3) is 0 Å². The van der Waals surface area contributed by atoms with Crippen molar-refractivity contribution in [3.63, 3.8) is 0 Å². The number of nitrogens with one attached hydrogen (secondary N) is 1. The monoisotopic (exact) mass is 400 g/mol. The molecule has 2 aromatic heterocycles. The summed E-state index contributed by atoms with van der Waals surface area (Å²) in [6.45, 7) is 1.71. The van der Waals surface area contributed by atoms with Crippen LogP contribution in [0.4, 0.5) is 5.13 Å². The number of carbonyl (C=O) groups excluding carboxylic acids is 1. The summed E-state index contributed by atoms with van der Waals surface area (Å²) in [5.74, 6) is -0.117. The Morgan fingerprint density at radius 3 is 2.48 bits per heavy atom. The van der Waals surface area contributed by atoms with Crippen LogP contribution in [0.2, 0.25) is 0 Å². The van der Waals surface area contributed by atoms with Gasteiger partial charge in [0.05, 0.1) is 27.5 Å². The highest BCUT2D eigenvalue weighted by Crippen LogP contribution is 2.29. The standard InChI is InChI=1S/C19H20N4O2S2/c1-13-18(27(3,20)25)26-19(22-13)23(2)17(24)12-14-7-9-15(10-8-14)16-6-4-5-11-21-16/h4-11,20H,12H2,1-3H3/t27-/m0/s1. The van der Waals surface area contributed by atoms with E-state index in [4.69, 9.17) is 4.78 Å². The number of likely N-dealkylation sites (N-methyl/N-ethyl adjacent to an activating group) is 1. The minimum Gasteiger partial charge on any atom is -0.291 e. The fourth-order valence-corrected chi connectivity index (χ4v) is 4.85. The number of benzene rings is 1. The number of hydrogen-bond donors (Lipinski definition) is 1. The highest BCUT2D eigenvalue weighted by molar-refractivity contribution is 7.93. The summed E-state index contributed by atoms with van der Waals surface area (Å²) in [4.78, 5) is 22.7. The van der Waals surface area contributed by atoms with Crippen molar-refractivity contribution >= 4 is 32.1 Å². The average molecular weight is 401 g/mol. The number of rotatable bonds is 5. The van der Waals surface area contributed by atoms with Crippen LogP contribution in [0.1, 0.15) is 11.3 Å². The summed E-state index contributed by atoms with van der Waals surface area (Å²) < 4.78 is 20.1. The molecule has 1 amide bonds. The fraction of sp³-hybridized carbons (Fsp3) is 0.211. The summed E-state index contributed by atoms with van der Waals surface area (Å²) >= 11 is 1.14. The van der Waals surface area contributed by atoms with Crippen LogP contribution in [0.25, 0.3) is 11.3 Å². The molecule has 1 aromatic carbocycles. The summed E-state index contributed by atoms with van der Waals surface area (Å²) in [5, 5.41) is 0.458. The zero-order chi connectivity index (χ0) is 19.6. The van der Waals surface area contributed by atoms with Gasteiger partial charge in [0.15, 0.2) is 5.13 Å². The molecule has 2 heterocycles. The summed E-state index contributed by atoms with van der Waals surface area (Å²) in [6, 6.07) is 13.5. The molecule has 0 saturated heterocycles. The van der Waals surface area contributed by atoms with Gasteiger partial charge in [-0.15, -0.1) is 0 Å². The number of thiazole rings is 1. The minimum absolute atomic E-state index is 0.117. The first-order chi connectivity index (χ1) is 12.8. The van der Waals surface area contributed by atoms with E-state index in [1.165, 1.54) is 11.2 Å². The van der Waals surface area contributed by atoms with E-state index in [0.29, 0.717) is 15.0 Å². The van der Waals surface area contributed by atoms with Gasteiger partial charge in [-0.05, 0) is 24.6 Å². The largest absolute Gasteiger partial charge is 0.291 e. The number of aryl methyl sites for hydroxylation is 1. The number of nitrogens with zero attached hydrogens (tertiary/aromatic N) is 3. The third-order valence-electron chi connectivity index (χ3n) is 4.03. The third kappa shape index (κ3) is 4.40. The normalized spacial score (nSPS) is 13.1. The van der Waals surface area contributed by atoms with Crippen LogP contribution in [0, 0.1) is 11.7 Å². The van der Waals surface area contributed by atoms with Crippen LogP contribution in [-0.2, 0) is 20.9 Å². The Hall–Kier alpha value is -2.58.